The van der Waals surface area contributed by atoms with Gasteiger partial charge in [-0.1, -0.05) is 54.6 Å². The lowest BCUT2D eigenvalue weighted by atomic mass is 10.0. The van der Waals surface area contributed by atoms with Gasteiger partial charge < -0.3 is 4.90 Å². The van der Waals surface area contributed by atoms with Crippen LogP contribution in [0.5, 0.6) is 0 Å². The minimum absolute atomic E-state index is 1.08. The number of nitrogens with zero attached hydrogens (tertiary/aromatic N) is 2. The number of hydrogen-bond acceptors (Lipinski definition) is 2. The zero-order valence-corrected chi connectivity index (χ0v) is 12.0. The average Bonchev–Trinajstić information content (AvgIpc) is 3.17. The van der Waals surface area contributed by atoms with Crippen LogP contribution in [0, 0.1) is 0 Å². The number of hydrogen-bond donors (Lipinski definition) is 0. The Morgan fingerprint density at radius 2 is 1.48 bits per heavy atom. The summed E-state index contributed by atoms with van der Waals surface area (Å²) in [5.41, 5.74) is 4.82. The zero-order valence-electron chi connectivity index (χ0n) is 12.0. The first-order valence-corrected chi connectivity index (χ1v) is 7.62. The van der Waals surface area contributed by atoms with Crippen LogP contribution in [0.3, 0.4) is 0 Å². The third kappa shape index (κ3) is 2.27. The van der Waals surface area contributed by atoms with E-state index in [-0.39, 0.29) is 0 Å². The van der Waals surface area contributed by atoms with E-state index in [9.17, 15) is 0 Å². The molecule has 0 N–H and O–H groups in total. The van der Waals surface area contributed by atoms with Crippen LogP contribution in [0.1, 0.15) is 29.5 Å². The van der Waals surface area contributed by atoms with Crippen LogP contribution >= 0.6 is 0 Å². The minimum atomic E-state index is 1.08. The fourth-order valence-corrected chi connectivity index (χ4v) is 3.12. The van der Waals surface area contributed by atoms with E-state index in [0.29, 0.717) is 0 Å². The van der Waals surface area contributed by atoms with Gasteiger partial charge in [0.1, 0.15) is 5.84 Å². The molecular formula is C19H18N2. The Labute approximate surface area is 125 Å². The van der Waals surface area contributed by atoms with Crippen LogP contribution in [0.15, 0.2) is 59.6 Å². The molecule has 2 heterocycles. The first-order chi connectivity index (χ1) is 10.4. The Hall–Kier alpha value is -2.35. The molecule has 0 amide bonds. The van der Waals surface area contributed by atoms with Crippen molar-refractivity contribution in [3.8, 4) is 0 Å². The maximum atomic E-state index is 4.94. The van der Waals surface area contributed by atoms with Crippen molar-refractivity contribution in [2.45, 2.75) is 12.8 Å². The van der Waals surface area contributed by atoms with Crippen molar-refractivity contribution in [2.24, 2.45) is 4.99 Å². The van der Waals surface area contributed by atoms with Gasteiger partial charge in [-0.2, -0.15) is 0 Å². The number of amidine groups is 1. The van der Waals surface area contributed by atoms with Crippen molar-refractivity contribution >= 4 is 17.6 Å². The van der Waals surface area contributed by atoms with E-state index in [1.165, 1.54) is 29.5 Å². The van der Waals surface area contributed by atoms with Crippen LogP contribution in [0.2, 0.25) is 0 Å². The fourth-order valence-electron chi connectivity index (χ4n) is 3.12. The fraction of sp³-hybridized carbons (Fsp3) is 0.211. The summed E-state index contributed by atoms with van der Waals surface area (Å²) in [7, 11) is 0. The molecule has 0 unspecified atom stereocenters. The third-order valence-electron chi connectivity index (χ3n) is 4.18. The van der Waals surface area contributed by atoms with Gasteiger partial charge in [0.15, 0.2) is 0 Å². The van der Waals surface area contributed by atoms with Gasteiger partial charge in [0.25, 0.3) is 0 Å². The second-order valence-corrected chi connectivity index (χ2v) is 5.62. The van der Waals surface area contributed by atoms with Gasteiger partial charge in [0.05, 0.1) is 5.70 Å². The normalized spacial score (nSPS) is 19.0. The average molecular weight is 274 g/mol. The predicted octanol–water partition coefficient (Wildman–Crippen LogP) is 4.04. The highest BCUT2D eigenvalue weighted by molar-refractivity contribution is 6.12. The summed E-state index contributed by atoms with van der Waals surface area (Å²) in [5.74, 6) is 1.16. The second kappa shape index (κ2) is 5.21. The van der Waals surface area contributed by atoms with Gasteiger partial charge in [-0.15, -0.1) is 0 Å². The highest BCUT2D eigenvalue weighted by Gasteiger charge is 2.25. The van der Waals surface area contributed by atoms with Crippen LogP contribution in [-0.4, -0.2) is 23.8 Å². The van der Waals surface area contributed by atoms with Gasteiger partial charge in [-0.3, -0.25) is 0 Å². The Kier molecular flexibility index (Phi) is 3.07. The van der Waals surface area contributed by atoms with E-state index in [1.54, 1.807) is 0 Å². The highest BCUT2D eigenvalue weighted by atomic mass is 15.2. The standard InChI is InChI=1S/C19H18N2/c1-2-8-15(9-3-1)14-18-16-10-4-5-11-17(16)19(20-18)21-12-6-7-13-21/h1-5,8-11,14H,6-7,12-13H2/b18-14-. The molecule has 2 nitrogen and oxygen atoms in total. The van der Waals surface area contributed by atoms with Gasteiger partial charge in [0.2, 0.25) is 0 Å². The molecule has 0 aliphatic carbocycles. The summed E-state index contributed by atoms with van der Waals surface area (Å²) in [6.07, 6.45) is 4.74. The number of aliphatic imine (C=N–C) groups is 1. The summed E-state index contributed by atoms with van der Waals surface area (Å²) < 4.78 is 0. The molecule has 0 spiro atoms. The summed E-state index contributed by atoms with van der Waals surface area (Å²) >= 11 is 0. The molecule has 2 aromatic rings. The summed E-state index contributed by atoms with van der Waals surface area (Å²) in [6.45, 7) is 2.26. The Balaban J connectivity index is 1.79. The summed E-state index contributed by atoms with van der Waals surface area (Å²) in [4.78, 5) is 7.36. The molecule has 21 heavy (non-hydrogen) atoms. The maximum absolute atomic E-state index is 4.94. The zero-order chi connectivity index (χ0) is 14.1. The summed E-state index contributed by atoms with van der Waals surface area (Å²) in [6, 6.07) is 19.0. The number of fused-ring (bicyclic) bond motifs is 1. The number of rotatable bonds is 1. The van der Waals surface area contributed by atoms with E-state index in [1.807, 2.05) is 6.07 Å². The monoisotopic (exact) mass is 274 g/mol. The third-order valence-corrected chi connectivity index (χ3v) is 4.18. The largest absolute Gasteiger partial charge is 0.356 e. The molecule has 0 atom stereocenters. The van der Waals surface area contributed by atoms with Gasteiger partial charge in [0, 0.05) is 24.2 Å². The molecule has 2 aliphatic rings. The van der Waals surface area contributed by atoms with Gasteiger partial charge in [-0.25, -0.2) is 4.99 Å². The number of likely N-dealkylation sites (tertiary alicyclic amines) is 1. The molecule has 2 aromatic carbocycles. The SMILES string of the molecule is C(=C1/N=C(N2CCCC2)c2ccccc21)/c1ccccc1. The van der Waals surface area contributed by atoms with Crippen LogP contribution in [0.25, 0.3) is 11.8 Å². The Morgan fingerprint density at radius 1 is 0.810 bits per heavy atom. The lowest BCUT2D eigenvalue weighted by Crippen LogP contribution is -2.27. The lowest BCUT2D eigenvalue weighted by Gasteiger charge is -2.17. The summed E-state index contributed by atoms with van der Waals surface area (Å²) in [5, 5.41) is 0. The van der Waals surface area contributed by atoms with Crippen molar-refractivity contribution in [3.63, 3.8) is 0 Å². The Bertz CT molecular complexity index is 707. The smallest absolute Gasteiger partial charge is 0.137 e. The van der Waals surface area contributed by atoms with Crippen molar-refractivity contribution < 1.29 is 0 Å². The highest BCUT2D eigenvalue weighted by Crippen LogP contribution is 2.32. The van der Waals surface area contributed by atoms with Crippen molar-refractivity contribution in [2.75, 3.05) is 13.1 Å². The first-order valence-electron chi connectivity index (χ1n) is 7.62. The molecule has 104 valence electrons. The quantitative estimate of drug-likeness (QED) is 0.766. The van der Waals surface area contributed by atoms with Crippen molar-refractivity contribution in [1.29, 1.82) is 0 Å². The molecule has 0 bridgehead atoms. The second-order valence-electron chi connectivity index (χ2n) is 5.62. The van der Waals surface area contributed by atoms with Crippen molar-refractivity contribution in [3.05, 3.63) is 71.3 Å². The van der Waals surface area contributed by atoms with E-state index in [4.69, 9.17) is 4.99 Å². The van der Waals surface area contributed by atoms with E-state index < -0.39 is 0 Å². The predicted molar refractivity (Wildman–Crippen MR) is 88.1 cm³/mol. The van der Waals surface area contributed by atoms with Gasteiger partial charge in [-0.05, 0) is 24.5 Å². The molecule has 1 fully saturated rings. The van der Waals surface area contributed by atoms with E-state index >= 15 is 0 Å². The molecule has 0 aromatic heterocycles. The van der Waals surface area contributed by atoms with E-state index in [0.717, 1.165) is 24.6 Å². The van der Waals surface area contributed by atoms with Crippen LogP contribution < -0.4 is 0 Å². The van der Waals surface area contributed by atoms with Crippen LogP contribution in [0.4, 0.5) is 0 Å². The molecule has 4 rings (SSSR count). The molecule has 0 radical (unpaired) electrons. The molecule has 2 heteroatoms. The topological polar surface area (TPSA) is 15.6 Å². The lowest BCUT2D eigenvalue weighted by molar-refractivity contribution is 0.522. The van der Waals surface area contributed by atoms with Crippen molar-refractivity contribution in [1.82, 2.24) is 4.90 Å². The van der Waals surface area contributed by atoms with E-state index in [2.05, 4.69) is 59.5 Å². The van der Waals surface area contributed by atoms with Crippen LogP contribution in [-0.2, 0) is 0 Å². The molecule has 0 saturated carbocycles. The molecule has 2 aliphatic heterocycles. The first kappa shape index (κ1) is 12.4. The number of benzene rings is 2. The Morgan fingerprint density at radius 3 is 2.24 bits per heavy atom. The molecular weight excluding hydrogens is 256 g/mol. The van der Waals surface area contributed by atoms with Gasteiger partial charge >= 0.3 is 0 Å². The minimum Gasteiger partial charge on any atom is -0.356 e. The maximum Gasteiger partial charge on any atom is 0.137 e. The molecule has 1 saturated heterocycles.